The van der Waals surface area contributed by atoms with Crippen LogP contribution in [0.5, 0.6) is 0 Å². The highest BCUT2D eigenvalue weighted by Gasteiger charge is 2.28. The van der Waals surface area contributed by atoms with Crippen molar-refractivity contribution < 1.29 is 14.3 Å². The van der Waals surface area contributed by atoms with E-state index in [9.17, 15) is 9.59 Å². The molecule has 0 aliphatic heterocycles. The molecule has 108 valence electrons. The second kappa shape index (κ2) is 7.08. The number of nitrogens with zero attached hydrogens (tertiary/aromatic N) is 1. The second-order valence-electron chi connectivity index (χ2n) is 5.19. The fourth-order valence-electron chi connectivity index (χ4n) is 2.10. The lowest BCUT2D eigenvalue weighted by Gasteiger charge is -2.22. The Morgan fingerprint density at radius 1 is 1.25 bits per heavy atom. The molecule has 1 fully saturated rings. The minimum absolute atomic E-state index is 0.0360. The number of benzene rings is 1. The van der Waals surface area contributed by atoms with Crippen LogP contribution < -0.4 is 0 Å². The van der Waals surface area contributed by atoms with E-state index in [-0.39, 0.29) is 18.4 Å². The summed E-state index contributed by atoms with van der Waals surface area (Å²) in [5, 5.41) is 0. The summed E-state index contributed by atoms with van der Waals surface area (Å²) in [5.41, 5.74) is 1.03. The molecule has 0 unspecified atom stereocenters. The molecule has 4 heteroatoms. The van der Waals surface area contributed by atoms with Gasteiger partial charge in [0.25, 0.3) is 0 Å². The smallest absolute Gasteiger partial charge is 0.325 e. The maximum Gasteiger partial charge on any atom is 0.325 e. The molecule has 0 N–H and O–H groups in total. The van der Waals surface area contributed by atoms with Gasteiger partial charge >= 0.3 is 5.97 Å². The molecule has 4 nitrogen and oxygen atoms in total. The van der Waals surface area contributed by atoms with E-state index in [4.69, 9.17) is 4.74 Å². The zero-order valence-electron chi connectivity index (χ0n) is 11.9. The molecule has 0 atom stereocenters. The van der Waals surface area contributed by atoms with Gasteiger partial charge in [-0.05, 0) is 31.2 Å². The van der Waals surface area contributed by atoms with Crippen LogP contribution in [0, 0.1) is 5.92 Å². The third-order valence-corrected chi connectivity index (χ3v) is 3.35. The molecular formula is C16H21NO3. The van der Waals surface area contributed by atoms with Gasteiger partial charge in [0.1, 0.15) is 6.54 Å². The maximum absolute atomic E-state index is 12.3. The summed E-state index contributed by atoms with van der Waals surface area (Å²) in [6.07, 6.45) is 2.81. The van der Waals surface area contributed by atoms with E-state index >= 15 is 0 Å². The predicted molar refractivity (Wildman–Crippen MR) is 75.8 cm³/mol. The highest BCUT2D eigenvalue weighted by atomic mass is 16.5. The van der Waals surface area contributed by atoms with Crippen LogP contribution in [0.15, 0.2) is 30.3 Å². The number of hydrogen-bond donors (Lipinski definition) is 0. The zero-order chi connectivity index (χ0) is 14.4. The van der Waals surface area contributed by atoms with E-state index in [0.717, 1.165) is 18.4 Å². The molecular weight excluding hydrogens is 254 g/mol. The van der Waals surface area contributed by atoms with Crippen molar-refractivity contribution >= 4 is 11.9 Å². The van der Waals surface area contributed by atoms with Gasteiger partial charge in [-0.3, -0.25) is 9.59 Å². The summed E-state index contributed by atoms with van der Waals surface area (Å²) in [5.74, 6) is 0.222. The average molecular weight is 275 g/mol. The number of esters is 1. The van der Waals surface area contributed by atoms with Crippen molar-refractivity contribution in [3.63, 3.8) is 0 Å². The molecule has 1 amide bonds. The van der Waals surface area contributed by atoms with E-state index in [0.29, 0.717) is 25.5 Å². The number of carbonyl (C=O) groups excluding carboxylic acids is 2. The summed E-state index contributed by atoms with van der Waals surface area (Å²) in [6, 6.07) is 9.73. The number of carbonyl (C=O) groups is 2. The molecule has 0 bridgehead atoms. The largest absolute Gasteiger partial charge is 0.465 e. The van der Waals surface area contributed by atoms with Crippen LogP contribution in [0.3, 0.4) is 0 Å². The standard InChI is InChI=1S/C16H21NO3/c1-2-20-16(19)12-17(15(18)10-13-8-9-13)11-14-6-4-3-5-7-14/h3-7,13H,2,8-12H2,1H3. The first-order chi connectivity index (χ1) is 9.69. The number of rotatable bonds is 7. The van der Waals surface area contributed by atoms with Gasteiger partial charge in [-0.2, -0.15) is 0 Å². The number of amides is 1. The molecule has 1 aliphatic rings. The highest BCUT2D eigenvalue weighted by molar-refractivity contribution is 5.82. The fraction of sp³-hybridized carbons (Fsp3) is 0.500. The molecule has 20 heavy (non-hydrogen) atoms. The molecule has 1 aromatic carbocycles. The van der Waals surface area contributed by atoms with E-state index in [1.54, 1.807) is 11.8 Å². The second-order valence-corrected chi connectivity index (χ2v) is 5.19. The summed E-state index contributed by atoms with van der Waals surface area (Å²) in [7, 11) is 0. The Balaban J connectivity index is 1.98. The number of ether oxygens (including phenoxy) is 1. The molecule has 0 spiro atoms. The normalized spacial score (nSPS) is 13.8. The quantitative estimate of drug-likeness (QED) is 0.718. The molecule has 0 saturated heterocycles. The van der Waals surface area contributed by atoms with Crippen LogP contribution >= 0.6 is 0 Å². The number of hydrogen-bond acceptors (Lipinski definition) is 3. The third kappa shape index (κ3) is 4.68. The third-order valence-electron chi connectivity index (χ3n) is 3.35. The van der Waals surface area contributed by atoms with Crippen LogP contribution in [0.25, 0.3) is 0 Å². The summed E-state index contributed by atoms with van der Waals surface area (Å²) in [6.45, 7) is 2.61. The monoisotopic (exact) mass is 275 g/mol. The first-order valence-corrected chi connectivity index (χ1v) is 7.16. The van der Waals surface area contributed by atoms with Gasteiger partial charge in [-0.1, -0.05) is 30.3 Å². The van der Waals surface area contributed by atoms with Crippen LogP contribution in [-0.2, 0) is 20.9 Å². The van der Waals surface area contributed by atoms with Gasteiger partial charge in [-0.15, -0.1) is 0 Å². The molecule has 0 heterocycles. The van der Waals surface area contributed by atoms with Gasteiger partial charge in [-0.25, -0.2) is 0 Å². The van der Waals surface area contributed by atoms with Crippen LogP contribution in [0.4, 0.5) is 0 Å². The maximum atomic E-state index is 12.3. The molecule has 0 aromatic heterocycles. The van der Waals surface area contributed by atoms with Crippen molar-refractivity contribution in [2.75, 3.05) is 13.2 Å². The highest BCUT2D eigenvalue weighted by Crippen LogP contribution is 2.33. The molecule has 1 saturated carbocycles. The van der Waals surface area contributed by atoms with Crippen molar-refractivity contribution in [2.45, 2.75) is 32.7 Å². The van der Waals surface area contributed by atoms with Crippen LogP contribution in [-0.4, -0.2) is 29.9 Å². The van der Waals surface area contributed by atoms with Gasteiger partial charge in [0.05, 0.1) is 6.61 Å². The minimum atomic E-state index is -0.340. The van der Waals surface area contributed by atoms with Crippen molar-refractivity contribution in [1.82, 2.24) is 4.90 Å². The van der Waals surface area contributed by atoms with Crippen molar-refractivity contribution in [2.24, 2.45) is 5.92 Å². The van der Waals surface area contributed by atoms with Crippen LogP contribution in [0.1, 0.15) is 31.7 Å². The Morgan fingerprint density at radius 2 is 1.95 bits per heavy atom. The van der Waals surface area contributed by atoms with Crippen molar-refractivity contribution in [3.05, 3.63) is 35.9 Å². The van der Waals surface area contributed by atoms with Crippen molar-refractivity contribution in [3.8, 4) is 0 Å². The summed E-state index contributed by atoms with van der Waals surface area (Å²) >= 11 is 0. The predicted octanol–water partition coefficient (Wildman–Crippen LogP) is 2.38. The Morgan fingerprint density at radius 3 is 2.55 bits per heavy atom. The van der Waals surface area contributed by atoms with Crippen LogP contribution in [0.2, 0.25) is 0 Å². The first kappa shape index (κ1) is 14.6. The summed E-state index contributed by atoms with van der Waals surface area (Å²) < 4.78 is 4.95. The molecule has 0 radical (unpaired) electrons. The lowest BCUT2D eigenvalue weighted by atomic mass is 10.2. The van der Waals surface area contributed by atoms with E-state index in [1.807, 2.05) is 30.3 Å². The first-order valence-electron chi connectivity index (χ1n) is 7.16. The van der Waals surface area contributed by atoms with Crippen molar-refractivity contribution in [1.29, 1.82) is 0 Å². The van der Waals surface area contributed by atoms with E-state index in [2.05, 4.69) is 0 Å². The zero-order valence-corrected chi connectivity index (χ0v) is 11.9. The molecule has 1 aromatic rings. The van der Waals surface area contributed by atoms with Gasteiger partial charge in [0, 0.05) is 13.0 Å². The SMILES string of the molecule is CCOC(=O)CN(Cc1ccccc1)C(=O)CC1CC1. The van der Waals surface area contributed by atoms with E-state index in [1.165, 1.54) is 0 Å². The van der Waals surface area contributed by atoms with Gasteiger partial charge in [0.2, 0.25) is 5.91 Å². The Labute approximate surface area is 119 Å². The van der Waals surface area contributed by atoms with Gasteiger partial charge in [0.15, 0.2) is 0 Å². The summed E-state index contributed by atoms with van der Waals surface area (Å²) in [4.78, 5) is 25.5. The minimum Gasteiger partial charge on any atom is -0.465 e. The van der Waals surface area contributed by atoms with E-state index < -0.39 is 0 Å². The average Bonchev–Trinajstić information content (AvgIpc) is 3.23. The Bertz CT molecular complexity index is 454. The topological polar surface area (TPSA) is 46.6 Å². The lowest BCUT2D eigenvalue weighted by molar-refractivity contribution is -0.149. The fourth-order valence-corrected chi connectivity index (χ4v) is 2.10. The molecule has 1 aliphatic carbocycles. The van der Waals surface area contributed by atoms with Gasteiger partial charge < -0.3 is 9.64 Å². The lowest BCUT2D eigenvalue weighted by Crippen LogP contribution is -2.36. The Hall–Kier alpha value is -1.84. The molecule has 2 rings (SSSR count). The Kier molecular flexibility index (Phi) is 5.16.